The minimum absolute atomic E-state index is 0.113. The van der Waals surface area contributed by atoms with Crippen LogP contribution in [0.5, 0.6) is 0 Å². The van der Waals surface area contributed by atoms with Crippen LogP contribution < -0.4 is 0 Å². The van der Waals surface area contributed by atoms with E-state index in [1.807, 2.05) is 30.1 Å². The summed E-state index contributed by atoms with van der Waals surface area (Å²) in [4.78, 5) is 27.1. The fourth-order valence-corrected chi connectivity index (χ4v) is 2.15. The Balaban J connectivity index is 2.11. The largest absolute Gasteiger partial charge is 0.465 e. The first-order valence-corrected chi connectivity index (χ1v) is 6.24. The van der Waals surface area contributed by atoms with Crippen molar-refractivity contribution in [2.24, 2.45) is 0 Å². The first kappa shape index (κ1) is 13.5. The lowest BCUT2D eigenvalue weighted by molar-refractivity contribution is -0.134. The summed E-state index contributed by atoms with van der Waals surface area (Å²) in [5, 5.41) is 0. The van der Waals surface area contributed by atoms with Gasteiger partial charge in [-0.25, -0.2) is 4.79 Å². The molecule has 0 saturated carbocycles. The molecule has 102 valence electrons. The predicted octanol–water partition coefficient (Wildman–Crippen LogP) is 0.747. The topological polar surface area (TPSA) is 49.9 Å². The maximum atomic E-state index is 11.7. The van der Waals surface area contributed by atoms with E-state index in [-0.39, 0.29) is 11.9 Å². The van der Waals surface area contributed by atoms with E-state index >= 15 is 0 Å². The summed E-state index contributed by atoms with van der Waals surface area (Å²) in [5.74, 6) is -0.224. The highest BCUT2D eigenvalue weighted by molar-refractivity contribution is 5.91. The molecule has 19 heavy (non-hydrogen) atoms. The van der Waals surface area contributed by atoms with E-state index in [2.05, 4.69) is 0 Å². The Morgan fingerprint density at radius 1 is 1.32 bits per heavy atom. The molecule has 1 aromatic carbocycles. The predicted molar refractivity (Wildman–Crippen MR) is 70.7 cm³/mol. The molecular formula is C14H18N2O3. The van der Waals surface area contributed by atoms with Gasteiger partial charge in [-0.3, -0.25) is 9.69 Å². The third-order valence-electron chi connectivity index (χ3n) is 3.35. The zero-order chi connectivity index (χ0) is 13.8. The Morgan fingerprint density at radius 2 is 2.05 bits per heavy atom. The number of carbonyl (C=O) groups is 2. The molecule has 0 N–H and O–H groups in total. The molecule has 0 aromatic heterocycles. The summed E-state index contributed by atoms with van der Waals surface area (Å²) >= 11 is 0. The number of rotatable bonds is 3. The molecule has 0 bridgehead atoms. The molecule has 0 atom stereocenters. The number of esters is 1. The number of ether oxygens (including phenoxy) is 1. The molecule has 5 heteroatoms. The highest BCUT2D eigenvalue weighted by Gasteiger charge is 2.22. The fraction of sp³-hybridized carbons (Fsp3) is 0.429. The second kappa shape index (κ2) is 5.84. The van der Waals surface area contributed by atoms with Gasteiger partial charge in [-0.15, -0.1) is 0 Å². The summed E-state index contributed by atoms with van der Waals surface area (Å²) in [5.41, 5.74) is 1.46. The summed E-state index contributed by atoms with van der Waals surface area (Å²) in [6, 6.07) is 7.35. The first-order chi connectivity index (χ1) is 9.11. The number of piperazine rings is 1. The van der Waals surface area contributed by atoms with Crippen molar-refractivity contribution in [3.63, 3.8) is 0 Å². The first-order valence-electron chi connectivity index (χ1n) is 6.24. The molecule has 1 aromatic rings. The Morgan fingerprint density at radius 3 is 2.74 bits per heavy atom. The number of carbonyl (C=O) groups excluding carboxylic acids is 2. The molecule has 0 unspecified atom stereocenters. The smallest absolute Gasteiger partial charge is 0.338 e. The Labute approximate surface area is 112 Å². The maximum Gasteiger partial charge on any atom is 0.338 e. The maximum absolute atomic E-state index is 11.7. The van der Waals surface area contributed by atoms with E-state index in [1.54, 1.807) is 11.0 Å². The quantitative estimate of drug-likeness (QED) is 0.754. The van der Waals surface area contributed by atoms with Gasteiger partial charge in [0.15, 0.2) is 0 Å². The van der Waals surface area contributed by atoms with Crippen molar-refractivity contribution in [1.82, 2.24) is 9.80 Å². The van der Waals surface area contributed by atoms with E-state index in [4.69, 9.17) is 4.74 Å². The van der Waals surface area contributed by atoms with E-state index in [0.717, 1.165) is 18.7 Å². The average Bonchev–Trinajstić information content (AvgIpc) is 2.43. The van der Waals surface area contributed by atoms with Crippen LogP contribution in [0.2, 0.25) is 0 Å². The molecule has 1 heterocycles. The van der Waals surface area contributed by atoms with Crippen molar-refractivity contribution < 1.29 is 14.3 Å². The van der Waals surface area contributed by atoms with Crippen LogP contribution in [-0.2, 0) is 16.1 Å². The molecule has 5 nitrogen and oxygen atoms in total. The van der Waals surface area contributed by atoms with Gasteiger partial charge in [-0.05, 0) is 11.6 Å². The molecule has 0 spiro atoms. The van der Waals surface area contributed by atoms with Crippen molar-refractivity contribution in [3.8, 4) is 0 Å². The minimum Gasteiger partial charge on any atom is -0.465 e. The number of methoxy groups -OCH3 is 1. The zero-order valence-corrected chi connectivity index (χ0v) is 11.3. The molecule has 1 fully saturated rings. The van der Waals surface area contributed by atoms with Gasteiger partial charge in [-0.1, -0.05) is 18.2 Å². The second-order valence-electron chi connectivity index (χ2n) is 4.67. The number of nitrogens with zero attached hydrogens (tertiary/aromatic N) is 2. The Kier molecular flexibility index (Phi) is 4.16. The highest BCUT2D eigenvalue weighted by atomic mass is 16.5. The van der Waals surface area contributed by atoms with Gasteiger partial charge in [0.2, 0.25) is 5.91 Å². The molecule has 1 saturated heterocycles. The molecular weight excluding hydrogens is 244 g/mol. The zero-order valence-electron chi connectivity index (χ0n) is 11.3. The lowest BCUT2D eigenvalue weighted by atomic mass is 10.1. The van der Waals surface area contributed by atoms with E-state index < -0.39 is 0 Å². The summed E-state index contributed by atoms with van der Waals surface area (Å²) in [7, 11) is 3.18. The number of hydrogen-bond acceptors (Lipinski definition) is 4. The molecule has 0 aliphatic carbocycles. The molecule has 1 aliphatic heterocycles. The van der Waals surface area contributed by atoms with Crippen molar-refractivity contribution >= 4 is 11.9 Å². The monoisotopic (exact) mass is 262 g/mol. The van der Waals surface area contributed by atoms with Gasteiger partial charge >= 0.3 is 5.97 Å². The number of likely N-dealkylation sites (N-methyl/N-ethyl adjacent to an activating group) is 1. The van der Waals surface area contributed by atoms with Crippen molar-refractivity contribution in [1.29, 1.82) is 0 Å². The number of amides is 1. The SMILES string of the molecule is COC(=O)c1ccccc1CN1CCN(C)C(=O)C1. The van der Waals surface area contributed by atoms with Crippen LogP contribution in [0.4, 0.5) is 0 Å². The Hall–Kier alpha value is -1.88. The standard InChI is InChI=1S/C14H18N2O3/c1-15-7-8-16(10-13(15)17)9-11-5-3-4-6-12(11)14(18)19-2/h3-6H,7-10H2,1-2H3. The van der Waals surface area contributed by atoms with Gasteiger partial charge in [-0.2, -0.15) is 0 Å². The van der Waals surface area contributed by atoms with Crippen LogP contribution in [0.25, 0.3) is 0 Å². The third-order valence-corrected chi connectivity index (χ3v) is 3.35. The van der Waals surface area contributed by atoms with Gasteiger partial charge in [0.25, 0.3) is 0 Å². The fourth-order valence-electron chi connectivity index (χ4n) is 2.15. The van der Waals surface area contributed by atoms with Gasteiger partial charge in [0.05, 0.1) is 19.2 Å². The summed E-state index contributed by atoms with van der Waals surface area (Å²) in [6.07, 6.45) is 0. The average molecular weight is 262 g/mol. The van der Waals surface area contributed by atoms with Crippen LogP contribution in [0.3, 0.4) is 0 Å². The lowest BCUT2D eigenvalue weighted by Crippen LogP contribution is -2.48. The molecule has 1 aliphatic rings. The van der Waals surface area contributed by atoms with Crippen molar-refractivity contribution in [3.05, 3.63) is 35.4 Å². The molecule has 0 radical (unpaired) electrons. The van der Waals surface area contributed by atoms with Gasteiger partial charge in [0.1, 0.15) is 0 Å². The third kappa shape index (κ3) is 3.12. The van der Waals surface area contributed by atoms with Crippen molar-refractivity contribution in [2.75, 3.05) is 33.8 Å². The Bertz CT molecular complexity index is 487. The van der Waals surface area contributed by atoms with Crippen molar-refractivity contribution in [2.45, 2.75) is 6.54 Å². The summed E-state index contributed by atoms with van der Waals surface area (Å²) < 4.78 is 4.77. The van der Waals surface area contributed by atoms with Gasteiger partial charge in [0, 0.05) is 26.7 Å². The van der Waals surface area contributed by atoms with Crippen LogP contribution in [0.15, 0.2) is 24.3 Å². The van der Waals surface area contributed by atoms with Crippen LogP contribution >= 0.6 is 0 Å². The van der Waals surface area contributed by atoms with E-state index in [9.17, 15) is 9.59 Å². The minimum atomic E-state index is -0.337. The van der Waals surface area contributed by atoms with Gasteiger partial charge < -0.3 is 9.64 Å². The summed E-state index contributed by atoms with van der Waals surface area (Å²) in [6.45, 7) is 2.52. The number of hydrogen-bond donors (Lipinski definition) is 0. The second-order valence-corrected chi connectivity index (χ2v) is 4.67. The van der Waals surface area contributed by atoms with E-state index in [0.29, 0.717) is 18.7 Å². The van der Waals surface area contributed by atoms with Crippen LogP contribution in [0.1, 0.15) is 15.9 Å². The van der Waals surface area contributed by atoms with E-state index in [1.165, 1.54) is 7.11 Å². The molecule has 1 amide bonds. The van der Waals surface area contributed by atoms with Crippen LogP contribution in [-0.4, -0.2) is 55.5 Å². The van der Waals surface area contributed by atoms with Crippen LogP contribution in [0, 0.1) is 0 Å². The molecule has 2 rings (SSSR count). The normalized spacial score (nSPS) is 16.5. The highest BCUT2D eigenvalue weighted by Crippen LogP contribution is 2.14. The lowest BCUT2D eigenvalue weighted by Gasteiger charge is -2.32. The number of benzene rings is 1.